The molecule has 0 N–H and O–H groups in total. The van der Waals surface area contributed by atoms with E-state index in [1.807, 2.05) is 13.8 Å². The molecule has 1 aromatic heterocycles. The summed E-state index contributed by atoms with van der Waals surface area (Å²) < 4.78 is 4.87. The fraction of sp³-hybridized carbons (Fsp3) is 0.600. The molecule has 0 unspecified atom stereocenters. The van der Waals surface area contributed by atoms with E-state index in [0.717, 1.165) is 0 Å². The van der Waals surface area contributed by atoms with Gasteiger partial charge in [0.2, 0.25) is 0 Å². The van der Waals surface area contributed by atoms with Crippen LogP contribution in [0.1, 0.15) is 30.0 Å². The number of hydrogen-bond acceptors (Lipinski definition) is 3. The molecule has 0 aromatic carbocycles. The number of alkyl halides is 1. The summed E-state index contributed by atoms with van der Waals surface area (Å²) in [4.78, 5) is 13.7. The van der Waals surface area contributed by atoms with E-state index in [4.69, 9.17) is 4.52 Å². The molecule has 5 heteroatoms. The van der Waals surface area contributed by atoms with Crippen LogP contribution in [0.15, 0.2) is 10.7 Å². The zero-order valence-electron chi connectivity index (χ0n) is 9.37. The number of hydrogen-bond donors (Lipinski definition) is 0. The third-order valence-electron chi connectivity index (χ3n) is 2.52. The second-order valence-electron chi connectivity index (χ2n) is 4.11. The van der Waals surface area contributed by atoms with Gasteiger partial charge in [-0.3, -0.25) is 4.79 Å². The van der Waals surface area contributed by atoms with Crippen LogP contribution in [0.4, 0.5) is 0 Å². The first-order valence-electron chi connectivity index (χ1n) is 4.65. The Labute approximate surface area is 97.7 Å². The minimum absolute atomic E-state index is 0.0711. The van der Waals surface area contributed by atoms with E-state index >= 15 is 0 Å². The SMILES string of the molecule is Cc1oncc1C(=O)N(C)C(C)(C)CBr. The molecule has 0 fully saturated rings. The van der Waals surface area contributed by atoms with Gasteiger partial charge in [-0.2, -0.15) is 0 Å². The number of amides is 1. The summed E-state index contributed by atoms with van der Waals surface area (Å²) in [6.45, 7) is 5.71. The highest BCUT2D eigenvalue weighted by atomic mass is 79.9. The van der Waals surface area contributed by atoms with Crippen LogP contribution in [-0.2, 0) is 0 Å². The largest absolute Gasteiger partial charge is 0.361 e. The predicted octanol–water partition coefficient (Wildman–Crippen LogP) is 2.23. The van der Waals surface area contributed by atoms with Crippen molar-refractivity contribution in [3.05, 3.63) is 17.5 Å². The fourth-order valence-electron chi connectivity index (χ4n) is 1.05. The number of aryl methyl sites for hydroxylation is 1. The van der Waals surface area contributed by atoms with E-state index in [1.165, 1.54) is 6.20 Å². The number of carbonyl (C=O) groups excluding carboxylic acids is 1. The lowest BCUT2D eigenvalue weighted by Gasteiger charge is -2.33. The molecule has 1 amide bonds. The van der Waals surface area contributed by atoms with E-state index in [0.29, 0.717) is 16.7 Å². The predicted molar refractivity (Wildman–Crippen MR) is 61.2 cm³/mol. The van der Waals surface area contributed by atoms with Gasteiger partial charge < -0.3 is 9.42 Å². The maximum Gasteiger partial charge on any atom is 0.259 e. The minimum atomic E-state index is -0.235. The van der Waals surface area contributed by atoms with Crippen molar-refractivity contribution in [3.8, 4) is 0 Å². The molecule has 84 valence electrons. The number of carbonyl (C=O) groups is 1. The molecule has 0 radical (unpaired) electrons. The molecular formula is C10H15BrN2O2. The zero-order chi connectivity index (χ0) is 11.6. The number of halogens is 1. The van der Waals surface area contributed by atoms with Gasteiger partial charge >= 0.3 is 0 Å². The Hall–Kier alpha value is -0.840. The van der Waals surface area contributed by atoms with Crippen LogP contribution < -0.4 is 0 Å². The first-order chi connectivity index (χ1) is 6.90. The van der Waals surface area contributed by atoms with Crippen molar-refractivity contribution in [2.75, 3.05) is 12.4 Å². The Morgan fingerprint density at radius 1 is 1.67 bits per heavy atom. The topological polar surface area (TPSA) is 46.3 Å². The summed E-state index contributed by atoms with van der Waals surface area (Å²) in [7, 11) is 1.77. The Bertz CT molecular complexity index is 360. The van der Waals surface area contributed by atoms with Crippen LogP contribution in [-0.4, -0.2) is 33.9 Å². The quantitative estimate of drug-likeness (QED) is 0.795. The van der Waals surface area contributed by atoms with Gasteiger partial charge in [0.1, 0.15) is 11.3 Å². The van der Waals surface area contributed by atoms with Crippen molar-refractivity contribution in [1.29, 1.82) is 0 Å². The van der Waals surface area contributed by atoms with Gasteiger partial charge in [0.25, 0.3) is 5.91 Å². The molecule has 0 atom stereocenters. The highest BCUT2D eigenvalue weighted by Gasteiger charge is 2.28. The van der Waals surface area contributed by atoms with Crippen LogP contribution in [0.3, 0.4) is 0 Å². The van der Waals surface area contributed by atoms with E-state index < -0.39 is 0 Å². The second-order valence-corrected chi connectivity index (χ2v) is 4.67. The monoisotopic (exact) mass is 274 g/mol. The Kier molecular flexibility index (Phi) is 3.54. The number of rotatable bonds is 3. The summed E-state index contributed by atoms with van der Waals surface area (Å²) >= 11 is 3.39. The number of nitrogens with zero attached hydrogens (tertiary/aromatic N) is 2. The van der Waals surface area contributed by atoms with Gasteiger partial charge in [0.15, 0.2) is 0 Å². The van der Waals surface area contributed by atoms with Gasteiger partial charge in [0, 0.05) is 17.9 Å². The molecule has 0 bridgehead atoms. The molecule has 0 saturated heterocycles. The fourth-order valence-corrected chi connectivity index (χ4v) is 1.43. The maximum atomic E-state index is 12.0. The first-order valence-corrected chi connectivity index (χ1v) is 5.77. The maximum absolute atomic E-state index is 12.0. The summed E-state index contributed by atoms with van der Waals surface area (Å²) in [5, 5.41) is 4.31. The van der Waals surface area contributed by atoms with Crippen molar-refractivity contribution in [2.24, 2.45) is 0 Å². The zero-order valence-corrected chi connectivity index (χ0v) is 11.0. The third-order valence-corrected chi connectivity index (χ3v) is 3.89. The Morgan fingerprint density at radius 3 is 2.67 bits per heavy atom. The highest BCUT2D eigenvalue weighted by Crippen LogP contribution is 2.19. The first kappa shape index (κ1) is 12.2. The molecule has 1 aromatic rings. The smallest absolute Gasteiger partial charge is 0.259 e. The minimum Gasteiger partial charge on any atom is -0.361 e. The van der Waals surface area contributed by atoms with Crippen molar-refractivity contribution in [2.45, 2.75) is 26.3 Å². The van der Waals surface area contributed by atoms with Crippen LogP contribution in [0.5, 0.6) is 0 Å². The van der Waals surface area contributed by atoms with Crippen molar-refractivity contribution in [1.82, 2.24) is 10.1 Å². The molecule has 0 saturated carbocycles. The average Bonchev–Trinajstić information content (AvgIpc) is 2.62. The van der Waals surface area contributed by atoms with E-state index in [9.17, 15) is 4.79 Å². The standard InChI is InChI=1S/C10H15BrN2O2/c1-7-8(5-12-15-7)9(14)13(4)10(2,3)6-11/h5H,6H2,1-4H3. The van der Waals surface area contributed by atoms with Gasteiger partial charge in [-0.25, -0.2) is 0 Å². The van der Waals surface area contributed by atoms with Crippen LogP contribution >= 0.6 is 15.9 Å². The average molecular weight is 275 g/mol. The van der Waals surface area contributed by atoms with Crippen molar-refractivity contribution in [3.63, 3.8) is 0 Å². The lowest BCUT2D eigenvalue weighted by atomic mass is 10.1. The lowest BCUT2D eigenvalue weighted by molar-refractivity contribution is 0.0662. The summed E-state index contributed by atoms with van der Waals surface area (Å²) in [5.74, 6) is 0.482. The molecule has 0 aliphatic heterocycles. The molecule has 1 heterocycles. The lowest BCUT2D eigenvalue weighted by Crippen LogP contribution is -2.46. The van der Waals surface area contributed by atoms with Crippen molar-refractivity contribution < 1.29 is 9.32 Å². The van der Waals surface area contributed by atoms with Gasteiger partial charge in [0.05, 0.1) is 6.20 Å². The van der Waals surface area contributed by atoms with E-state index in [2.05, 4.69) is 21.1 Å². The molecular weight excluding hydrogens is 260 g/mol. The van der Waals surface area contributed by atoms with Crippen LogP contribution in [0, 0.1) is 6.92 Å². The molecule has 1 rings (SSSR count). The van der Waals surface area contributed by atoms with E-state index in [1.54, 1.807) is 18.9 Å². The molecule has 4 nitrogen and oxygen atoms in total. The third kappa shape index (κ3) is 2.40. The van der Waals surface area contributed by atoms with Gasteiger partial charge in [-0.05, 0) is 20.8 Å². The normalized spacial score (nSPS) is 11.5. The molecule has 0 aliphatic carbocycles. The van der Waals surface area contributed by atoms with Gasteiger partial charge in [-0.1, -0.05) is 21.1 Å². The summed E-state index contributed by atoms with van der Waals surface area (Å²) in [6, 6.07) is 0. The van der Waals surface area contributed by atoms with E-state index in [-0.39, 0.29) is 11.4 Å². The van der Waals surface area contributed by atoms with Crippen molar-refractivity contribution >= 4 is 21.8 Å². The second kappa shape index (κ2) is 4.35. The van der Waals surface area contributed by atoms with Crippen LogP contribution in [0.2, 0.25) is 0 Å². The molecule has 15 heavy (non-hydrogen) atoms. The highest BCUT2D eigenvalue weighted by molar-refractivity contribution is 9.09. The number of aromatic nitrogens is 1. The molecule has 0 spiro atoms. The Morgan fingerprint density at radius 2 is 2.27 bits per heavy atom. The van der Waals surface area contributed by atoms with Gasteiger partial charge in [-0.15, -0.1) is 0 Å². The van der Waals surface area contributed by atoms with Crippen LogP contribution in [0.25, 0.3) is 0 Å². The molecule has 0 aliphatic rings. The summed E-state index contributed by atoms with van der Waals surface area (Å²) in [6.07, 6.45) is 1.46. The summed E-state index contributed by atoms with van der Waals surface area (Å²) in [5.41, 5.74) is 0.285. The Balaban J connectivity index is 2.92.